The molecule has 1 amide bonds. The number of hydrogen-bond acceptors (Lipinski definition) is 3. The van der Waals surface area contributed by atoms with Crippen LogP contribution in [0.15, 0.2) is 24.3 Å². The highest BCUT2D eigenvalue weighted by atomic mass is 16.3. The first kappa shape index (κ1) is 18.0. The predicted molar refractivity (Wildman–Crippen MR) is 93.4 cm³/mol. The van der Waals surface area contributed by atoms with Crippen LogP contribution in [0.3, 0.4) is 0 Å². The SMILES string of the molecule is CC(O)CN(Cc1ccc(C(=O)N(C)C)cc1)C1CCCCC1. The van der Waals surface area contributed by atoms with Crippen LogP contribution in [0.25, 0.3) is 0 Å². The van der Waals surface area contributed by atoms with Gasteiger partial charge in [0.2, 0.25) is 0 Å². The number of rotatable bonds is 6. The maximum Gasteiger partial charge on any atom is 0.253 e. The maximum absolute atomic E-state index is 12.0. The van der Waals surface area contributed by atoms with E-state index in [4.69, 9.17) is 0 Å². The lowest BCUT2D eigenvalue weighted by molar-refractivity contribution is 0.0769. The first-order valence-corrected chi connectivity index (χ1v) is 8.70. The summed E-state index contributed by atoms with van der Waals surface area (Å²) in [6, 6.07) is 8.45. The van der Waals surface area contributed by atoms with Gasteiger partial charge in [0, 0.05) is 38.8 Å². The molecule has 1 aromatic rings. The molecule has 128 valence electrons. The van der Waals surface area contributed by atoms with Gasteiger partial charge in [-0.25, -0.2) is 0 Å². The number of benzene rings is 1. The van der Waals surface area contributed by atoms with Crippen LogP contribution >= 0.6 is 0 Å². The van der Waals surface area contributed by atoms with E-state index in [1.807, 2.05) is 31.2 Å². The lowest BCUT2D eigenvalue weighted by Crippen LogP contribution is -2.40. The van der Waals surface area contributed by atoms with Gasteiger partial charge in [-0.05, 0) is 37.5 Å². The molecule has 1 atom stereocenters. The van der Waals surface area contributed by atoms with Crippen molar-refractivity contribution in [1.29, 1.82) is 0 Å². The number of hydrogen-bond donors (Lipinski definition) is 1. The summed E-state index contributed by atoms with van der Waals surface area (Å²) in [6.45, 7) is 3.41. The van der Waals surface area contributed by atoms with E-state index in [1.165, 1.54) is 37.7 Å². The van der Waals surface area contributed by atoms with Gasteiger partial charge in [0.25, 0.3) is 5.91 Å². The molecule has 1 N–H and O–H groups in total. The molecule has 0 saturated heterocycles. The van der Waals surface area contributed by atoms with Crippen LogP contribution in [0.5, 0.6) is 0 Å². The van der Waals surface area contributed by atoms with Crippen molar-refractivity contribution < 1.29 is 9.90 Å². The zero-order valence-corrected chi connectivity index (χ0v) is 14.7. The van der Waals surface area contributed by atoms with Crippen molar-refractivity contribution in [3.05, 3.63) is 35.4 Å². The third-order valence-electron chi connectivity index (χ3n) is 4.58. The Hall–Kier alpha value is -1.39. The average Bonchev–Trinajstić information content (AvgIpc) is 2.54. The van der Waals surface area contributed by atoms with Crippen LogP contribution in [0.1, 0.15) is 54.9 Å². The van der Waals surface area contributed by atoms with E-state index in [0.717, 1.165) is 12.1 Å². The molecule has 0 heterocycles. The van der Waals surface area contributed by atoms with E-state index < -0.39 is 0 Å². The minimum atomic E-state index is -0.313. The molecule has 1 aliphatic rings. The monoisotopic (exact) mass is 318 g/mol. The van der Waals surface area contributed by atoms with Gasteiger partial charge in [0.05, 0.1) is 6.10 Å². The third-order valence-corrected chi connectivity index (χ3v) is 4.58. The summed E-state index contributed by atoms with van der Waals surface area (Å²) in [4.78, 5) is 16.0. The van der Waals surface area contributed by atoms with E-state index in [0.29, 0.717) is 12.6 Å². The second-order valence-electron chi connectivity index (χ2n) is 6.97. The van der Waals surface area contributed by atoms with Crippen LogP contribution < -0.4 is 0 Å². The quantitative estimate of drug-likeness (QED) is 0.877. The molecule has 1 saturated carbocycles. The molecule has 0 aliphatic heterocycles. The van der Waals surface area contributed by atoms with Gasteiger partial charge in [-0.2, -0.15) is 0 Å². The largest absolute Gasteiger partial charge is 0.392 e. The minimum absolute atomic E-state index is 0.0321. The Balaban J connectivity index is 2.04. The number of aliphatic hydroxyl groups is 1. The number of nitrogens with zero attached hydrogens (tertiary/aromatic N) is 2. The molecule has 0 bridgehead atoms. The Morgan fingerprint density at radius 1 is 1.17 bits per heavy atom. The topological polar surface area (TPSA) is 43.8 Å². The summed E-state index contributed by atoms with van der Waals surface area (Å²) in [7, 11) is 3.54. The van der Waals surface area contributed by atoms with E-state index >= 15 is 0 Å². The predicted octanol–water partition coefficient (Wildman–Crippen LogP) is 2.90. The van der Waals surface area contributed by atoms with Crippen molar-refractivity contribution in [2.24, 2.45) is 0 Å². The fraction of sp³-hybridized carbons (Fsp3) is 0.632. The van der Waals surface area contributed by atoms with E-state index in [1.54, 1.807) is 19.0 Å². The van der Waals surface area contributed by atoms with Crippen molar-refractivity contribution >= 4 is 5.91 Å². The molecule has 1 aromatic carbocycles. The molecule has 0 aromatic heterocycles. The van der Waals surface area contributed by atoms with Crippen LogP contribution in [-0.2, 0) is 6.54 Å². The molecular weight excluding hydrogens is 288 g/mol. The van der Waals surface area contributed by atoms with Crippen molar-refractivity contribution in [3.63, 3.8) is 0 Å². The molecule has 4 nitrogen and oxygen atoms in total. The van der Waals surface area contributed by atoms with Gasteiger partial charge in [-0.1, -0.05) is 31.4 Å². The third kappa shape index (κ3) is 5.33. The number of carbonyl (C=O) groups excluding carboxylic acids is 1. The number of carbonyl (C=O) groups is 1. The van der Waals surface area contributed by atoms with Crippen LogP contribution in [0.2, 0.25) is 0 Å². The highest BCUT2D eigenvalue weighted by Gasteiger charge is 2.22. The van der Waals surface area contributed by atoms with Crippen molar-refractivity contribution in [2.75, 3.05) is 20.6 Å². The molecule has 0 spiro atoms. The zero-order chi connectivity index (χ0) is 16.8. The van der Waals surface area contributed by atoms with Crippen molar-refractivity contribution in [3.8, 4) is 0 Å². The van der Waals surface area contributed by atoms with Gasteiger partial charge in [0.1, 0.15) is 0 Å². The highest BCUT2D eigenvalue weighted by Crippen LogP contribution is 2.24. The second kappa shape index (κ2) is 8.46. The van der Waals surface area contributed by atoms with Gasteiger partial charge in [0.15, 0.2) is 0 Å². The summed E-state index contributed by atoms with van der Waals surface area (Å²) in [5, 5.41) is 9.82. The molecule has 1 unspecified atom stereocenters. The van der Waals surface area contributed by atoms with Gasteiger partial charge < -0.3 is 10.0 Å². The van der Waals surface area contributed by atoms with E-state index in [-0.39, 0.29) is 12.0 Å². The fourth-order valence-corrected chi connectivity index (χ4v) is 3.37. The normalized spacial score (nSPS) is 17.3. The van der Waals surface area contributed by atoms with Gasteiger partial charge in [-0.15, -0.1) is 0 Å². The first-order valence-electron chi connectivity index (χ1n) is 8.70. The van der Waals surface area contributed by atoms with Crippen molar-refractivity contribution in [2.45, 2.75) is 57.7 Å². The lowest BCUT2D eigenvalue weighted by Gasteiger charge is -2.35. The minimum Gasteiger partial charge on any atom is -0.392 e. The summed E-state index contributed by atoms with van der Waals surface area (Å²) in [5.74, 6) is 0.0321. The van der Waals surface area contributed by atoms with E-state index in [2.05, 4.69) is 4.90 Å². The Bertz CT molecular complexity index is 491. The molecule has 2 rings (SSSR count). The Labute approximate surface area is 140 Å². The number of aliphatic hydroxyl groups excluding tert-OH is 1. The Kier molecular flexibility index (Phi) is 6.60. The molecule has 0 radical (unpaired) electrons. The summed E-state index contributed by atoms with van der Waals surface area (Å²) in [6.07, 6.45) is 6.05. The smallest absolute Gasteiger partial charge is 0.253 e. The van der Waals surface area contributed by atoms with Crippen molar-refractivity contribution in [1.82, 2.24) is 9.80 Å². The second-order valence-corrected chi connectivity index (χ2v) is 6.97. The van der Waals surface area contributed by atoms with Gasteiger partial charge >= 0.3 is 0 Å². The van der Waals surface area contributed by atoms with Crippen LogP contribution in [0, 0.1) is 0 Å². The average molecular weight is 318 g/mol. The Morgan fingerprint density at radius 3 is 2.30 bits per heavy atom. The van der Waals surface area contributed by atoms with E-state index in [9.17, 15) is 9.90 Å². The van der Waals surface area contributed by atoms with Crippen LogP contribution in [0.4, 0.5) is 0 Å². The summed E-state index contributed by atoms with van der Waals surface area (Å²) in [5.41, 5.74) is 1.92. The molecule has 23 heavy (non-hydrogen) atoms. The van der Waals surface area contributed by atoms with Gasteiger partial charge in [-0.3, -0.25) is 9.69 Å². The number of amides is 1. The zero-order valence-electron chi connectivity index (χ0n) is 14.7. The standard InChI is InChI=1S/C19H30N2O2/c1-15(22)13-21(18-7-5-4-6-8-18)14-16-9-11-17(12-10-16)19(23)20(2)3/h9-12,15,18,22H,4-8,13-14H2,1-3H3. The molecule has 4 heteroatoms. The highest BCUT2D eigenvalue weighted by molar-refractivity contribution is 5.93. The van der Waals surface area contributed by atoms with Crippen LogP contribution in [-0.4, -0.2) is 53.6 Å². The Morgan fingerprint density at radius 2 is 1.78 bits per heavy atom. The first-order chi connectivity index (χ1) is 11.0. The summed E-state index contributed by atoms with van der Waals surface area (Å²) < 4.78 is 0. The molecule has 1 aliphatic carbocycles. The molecular formula is C19H30N2O2. The lowest BCUT2D eigenvalue weighted by atomic mass is 9.93. The summed E-state index contributed by atoms with van der Waals surface area (Å²) >= 11 is 0. The molecule has 1 fully saturated rings. The maximum atomic E-state index is 12.0. The fourth-order valence-electron chi connectivity index (χ4n) is 3.37.